The minimum absolute atomic E-state index is 0.157. The number of nitrogens with zero attached hydrogens (tertiary/aromatic N) is 3. The number of aliphatic imine (C=N–C) groups is 1. The van der Waals surface area contributed by atoms with E-state index in [9.17, 15) is 5.11 Å². The van der Waals surface area contributed by atoms with E-state index in [2.05, 4.69) is 29.8 Å². The van der Waals surface area contributed by atoms with Crippen molar-refractivity contribution in [2.45, 2.75) is 46.2 Å². The predicted octanol–water partition coefficient (Wildman–Crippen LogP) is 5.17. The first-order valence-corrected chi connectivity index (χ1v) is 13.4. The summed E-state index contributed by atoms with van der Waals surface area (Å²) in [5.41, 5.74) is 3.88. The number of benzene rings is 2. The van der Waals surface area contributed by atoms with Crippen LogP contribution in [-0.2, 0) is 22.7 Å². The van der Waals surface area contributed by atoms with E-state index in [1.807, 2.05) is 68.4 Å². The molecule has 3 rings (SSSR count). The molecule has 1 unspecified atom stereocenters. The molecule has 7 nitrogen and oxygen atoms in total. The van der Waals surface area contributed by atoms with E-state index in [0.29, 0.717) is 26.4 Å². The Labute approximate surface area is 229 Å². The number of para-hydroxylation sites is 1. The van der Waals surface area contributed by atoms with Crippen LogP contribution in [0.3, 0.4) is 0 Å². The molecule has 2 aromatic carbocycles. The Morgan fingerprint density at radius 3 is 2.39 bits per heavy atom. The van der Waals surface area contributed by atoms with Gasteiger partial charge in [-0.1, -0.05) is 62.1 Å². The third-order valence-electron chi connectivity index (χ3n) is 6.35. The van der Waals surface area contributed by atoms with E-state index in [1.165, 1.54) is 32.5 Å². The monoisotopic (exact) mass is 522 g/mol. The average molecular weight is 523 g/mol. The largest absolute Gasteiger partial charge is 0.508 e. The molecule has 2 aromatic rings. The Kier molecular flexibility index (Phi) is 15.1. The standard InChI is InChI=1S/C25H33N3O3.C6H13N/c1-5-28(4)25(26-3)27-20(2)22-13-10-11-21(17-22)18-30-15-8-9-16-31-19-23-12-6-7-14-24(23)29;1-2-7-5-3-4-6-7/h5-14,17,25-26,29H,1,15-16,18-19H2,2-4H3;2-6H2,1H3/b9-8+,27-20+;. The number of phenols is 1. The van der Waals surface area contributed by atoms with Gasteiger partial charge in [-0.3, -0.25) is 5.32 Å². The fourth-order valence-electron chi connectivity index (χ4n) is 3.95. The van der Waals surface area contributed by atoms with E-state index in [-0.39, 0.29) is 12.0 Å². The summed E-state index contributed by atoms with van der Waals surface area (Å²) in [6.07, 6.45) is 8.29. The zero-order valence-electron chi connectivity index (χ0n) is 23.6. The fraction of sp³-hybridized carbons (Fsp3) is 0.452. The molecule has 1 heterocycles. The van der Waals surface area contributed by atoms with E-state index in [1.54, 1.807) is 18.3 Å². The van der Waals surface area contributed by atoms with Gasteiger partial charge >= 0.3 is 0 Å². The third kappa shape index (κ3) is 11.6. The number of hydrogen-bond donors (Lipinski definition) is 2. The molecule has 0 aliphatic carbocycles. The first-order valence-electron chi connectivity index (χ1n) is 13.4. The minimum atomic E-state index is -0.157. The highest BCUT2D eigenvalue weighted by molar-refractivity contribution is 5.98. The van der Waals surface area contributed by atoms with Gasteiger partial charge in [-0.25, -0.2) is 4.99 Å². The number of ether oxygens (including phenoxy) is 2. The molecule has 1 atom stereocenters. The Morgan fingerprint density at radius 2 is 1.79 bits per heavy atom. The van der Waals surface area contributed by atoms with Gasteiger partial charge in [-0.05, 0) is 75.9 Å². The lowest BCUT2D eigenvalue weighted by Gasteiger charge is -2.23. The molecule has 1 fully saturated rings. The maximum atomic E-state index is 9.70. The molecule has 1 aliphatic heterocycles. The van der Waals surface area contributed by atoms with Crippen LogP contribution in [0.5, 0.6) is 5.75 Å². The van der Waals surface area contributed by atoms with E-state index in [0.717, 1.165) is 22.4 Å². The lowest BCUT2D eigenvalue weighted by Crippen LogP contribution is -2.37. The molecule has 0 radical (unpaired) electrons. The van der Waals surface area contributed by atoms with Crippen LogP contribution < -0.4 is 5.32 Å². The van der Waals surface area contributed by atoms with Gasteiger partial charge in [0, 0.05) is 18.3 Å². The molecule has 2 N–H and O–H groups in total. The number of aromatic hydroxyl groups is 1. The van der Waals surface area contributed by atoms with Gasteiger partial charge < -0.3 is 24.4 Å². The fourth-order valence-corrected chi connectivity index (χ4v) is 3.95. The van der Waals surface area contributed by atoms with E-state index >= 15 is 0 Å². The molecule has 0 amide bonds. The number of phenolic OH excluding ortho intramolecular Hbond substituents is 1. The molecular weight excluding hydrogens is 476 g/mol. The quantitative estimate of drug-likeness (QED) is 0.154. The summed E-state index contributed by atoms with van der Waals surface area (Å²) < 4.78 is 11.3. The Morgan fingerprint density at radius 1 is 1.11 bits per heavy atom. The predicted molar refractivity (Wildman–Crippen MR) is 157 cm³/mol. The van der Waals surface area contributed by atoms with Gasteiger partial charge in [0.25, 0.3) is 0 Å². The van der Waals surface area contributed by atoms with Crippen LogP contribution in [0.1, 0.15) is 43.4 Å². The Bertz CT molecular complexity index is 1000. The Balaban J connectivity index is 0.000000624. The van der Waals surface area contributed by atoms with Crippen LogP contribution in [0, 0.1) is 0 Å². The van der Waals surface area contributed by atoms with Crippen LogP contribution in [0.4, 0.5) is 0 Å². The van der Waals surface area contributed by atoms with Gasteiger partial charge in [-0.15, -0.1) is 0 Å². The van der Waals surface area contributed by atoms with Crippen molar-refractivity contribution in [2.24, 2.45) is 4.99 Å². The summed E-state index contributed by atoms with van der Waals surface area (Å²) in [6.45, 7) is 13.8. The minimum Gasteiger partial charge on any atom is -0.508 e. The van der Waals surface area contributed by atoms with Crippen molar-refractivity contribution >= 4 is 5.71 Å². The van der Waals surface area contributed by atoms with Crippen LogP contribution in [0.15, 0.2) is 78.5 Å². The van der Waals surface area contributed by atoms with E-state index < -0.39 is 0 Å². The molecule has 38 heavy (non-hydrogen) atoms. The van der Waals surface area contributed by atoms with Crippen LogP contribution in [0.25, 0.3) is 0 Å². The number of hydrogen-bond acceptors (Lipinski definition) is 7. The average Bonchev–Trinajstić information content (AvgIpc) is 3.48. The summed E-state index contributed by atoms with van der Waals surface area (Å²) in [5.74, 6) is 0.256. The highest BCUT2D eigenvalue weighted by Crippen LogP contribution is 2.16. The van der Waals surface area contributed by atoms with Crippen molar-refractivity contribution in [2.75, 3.05) is 46.9 Å². The molecule has 0 spiro atoms. The van der Waals surface area contributed by atoms with Crippen molar-refractivity contribution in [3.05, 3.63) is 90.2 Å². The number of likely N-dealkylation sites (tertiary alicyclic amines) is 1. The van der Waals surface area contributed by atoms with Crippen LogP contribution in [-0.4, -0.2) is 73.9 Å². The molecule has 0 aromatic heterocycles. The van der Waals surface area contributed by atoms with Crippen molar-refractivity contribution in [1.29, 1.82) is 0 Å². The van der Waals surface area contributed by atoms with Gasteiger partial charge in [0.05, 0.1) is 26.4 Å². The topological polar surface area (TPSA) is 69.6 Å². The first kappa shape index (κ1) is 31.2. The van der Waals surface area contributed by atoms with Crippen molar-refractivity contribution in [1.82, 2.24) is 15.1 Å². The van der Waals surface area contributed by atoms with Gasteiger partial charge in [0.2, 0.25) is 0 Å². The van der Waals surface area contributed by atoms with Crippen LogP contribution in [0.2, 0.25) is 0 Å². The summed E-state index contributed by atoms with van der Waals surface area (Å²) >= 11 is 0. The highest BCUT2D eigenvalue weighted by atomic mass is 16.5. The summed E-state index contributed by atoms with van der Waals surface area (Å²) in [5, 5.41) is 12.9. The summed E-state index contributed by atoms with van der Waals surface area (Å²) in [4.78, 5) is 9.12. The van der Waals surface area contributed by atoms with Crippen molar-refractivity contribution in [3.8, 4) is 5.75 Å². The second kappa shape index (κ2) is 18.3. The second-order valence-electron chi connectivity index (χ2n) is 9.20. The number of rotatable bonds is 14. The first-order chi connectivity index (χ1) is 18.5. The zero-order valence-corrected chi connectivity index (χ0v) is 23.6. The lowest BCUT2D eigenvalue weighted by molar-refractivity contribution is 0.139. The summed E-state index contributed by atoms with van der Waals surface area (Å²) in [6, 6.07) is 15.4. The molecule has 0 bridgehead atoms. The Hall–Kier alpha value is -2.97. The molecule has 1 aliphatic rings. The maximum Gasteiger partial charge on any atom is 0.175 e. The second-order valence-corrected chi connectivity index (χ2v) is 9.20. The maximum absolute atomic E-state index is 9.70. The van der Waals surface area contributed by atoms with E-state index in [4.69, 9.17) is 14.5 Å². The molecular formula is C31H46N4O3. The molecule has 7 heteroatoms. The smallest absolute Gasteiger partial charge is 0.175 e. The van der Waals surface area contributed by atoms with Gasteiger partial charge in [-0.2, -0.15) is 0 Å². The normalized spacial score (nSPS) is 14.8. The third-order valence-corrected chi connectivity index (χ3v) is 6.35. The zero-order chi connectivity index (χ0) is 27.6. The molecule has 208 valence electrons. The molecule has 1 saturated heterocycles. The number of nitrogens with one attached hydrogen (secondary N) is 1. The van der Waals surface area contributed by atoms with Crippen LogP contribution >= 0.6 is 0 Å². The highest BCUT2D eigenvalue weighted by Gasteiger charge is 2.08. The van der Waals surface area contributed by atoms with Crippen molar-refractivity contribution < 1.29 is 14.6 Å². The lowest BCUT2D eigenvalue weighted by atomic mass is 10.1. The van der Waals surface area contributed by atoms with Gasteiger partial charge in [0.1, 0.15) is 5.75 Å². The molecule has 0 saturated carbocycles. The van der Waals surface area contributed by atoms with Gasteiger partial charge in [0.15, 0.2) is 6.29 Å². The summed E-state index contributed by atoms with van der Waals surface area (Å²) in [7, 11) is 3.80. The van der Waals surface area contributed by atoms with Crippen molar-refractivity contribution in [3.63, 3.8) is 0 Å². The SMILES string of the molecule is C=CN(C)C(/N=C(\C)c1cccc(COC/C=C/COCc2ccccc2O)c1)NC.CCN1CCCC1.